The Morgan fingerprint density at radius 1 is 1.03 bits per heavy atom. The summed E-state index contributed by atoms with van der Waals surface area (Å²) in [5.41, 5.74) is 3.76. The molecular weight excluding hydrogens is 422 g/mol. The van der Waals surface area contributed by atoms with Gasteiger partial charge in [0.05, 0.1) is 21.8 Å². The van der Waals surface area contributed by atoms with Crippen LogP contribution >= 0.6 is 11.3 Å². The maximum absolute atomic E-state index is 13.3. The van der Waals surface area contributed by atoms with E-state index in [9.17, 15) is 14.7 Å². The van der Waals surface area contributed by atoms with E-state index in [1.54, 1.807) is 24.5 Å². The molecule has 5 rings (SSSR count). The smallest absolute Gasteiger partial charge is 0.301 e. The molecule has 0 aliphatic carbocycles. The molecule has 1 N–H and O–H groups in total. The van der Waals surface area contributed by atoms with Gasteiger partial charge in [-0.25, -0.2) is 4.98 Å². The molecular formula is C25H19N3O3S. The Morgan fingerprint density at radius 3 is 2.53 bits per heavy atom. The lowest BCUT2D eigenvalue weighted by atomic mass is 9.94. The molecule has 1 fully saturated rings. The Labute approximate surface area is 188 Å². The van der Waals surface area contributed by atoms with E-state index in [2.05, 4.69) is 9.97 Å². The number of anilines is 1. The second kappa shape index (κ2) is 7.69. The molecule has 1 unspecified atom stereocenters. The minimum atomic E-state index is -0.807. The van der Waals surface area contributed by atoms with Crippen molar-refractivity contribution in [2.45, 2.75) is 19.9 Å². The predicted molar refractivity (Wildman–Crippen MR) is 125 cm³/mol. The van der Waals surface area contributed by atoms with Gasteiger partial charge < -0.3 is 5.11 Å². The minimum absolute atomic E-state index is 0.0501. The molecule has 7 heteroatoms. The zero-order valence-electron chi connectivity index (χ0n) is 17.4. The summed E-state index contributed by atoms with van der Waals surface area (Å²) in [6.45, 7) is 3.77. The molecule has 0 spiro atoms. The Kier molecular flexibility index (Phi) is 4.83. The van der Waals surface area contributed by atoms with Crippen LogP contribution in [0, 0.1) is 13.8 Å². The van der Waals surface area contributed by atoms with Crippen LogP contribution < -0.4 is 4.90 Å². The van der Waals surface area contributed by atoms with Gasteiger partial charge in [0.25, 0.3) is 5.78 Å². The second-order valence-corrected chi connectivity index (χ2v) is 8.74. The molecule has 32 heavy (non-hydrogen) atoms. The first-order valence-electron chi connectivity index (χ1n) is 10.1. The van der Waals surface area contributed by atoms with Gasteiger partial charge in [-0.1, -0.05) is 41.2 Å². The third-order valence-corrected chi connectivity index (χ3v) is 6.64. The highest BCUT2D eigenvalue weighted by Crippen LogP contribution is 2.44. The van der Waals surface area contributed by atoms with Gasteiger partial charge in [0.1, 0.15) is 5.76 Å². The van der Waals surface area contributed by atoms with Crippen molar-refractivity contribution in [2.24, 2.45) is 0 Å². The number of amides is 1. The van der Waals surface area contributed by atoms with E-state index in [4.69, 9.17) is 0 Å². The second-order valence-electron chi connectivity index (χ2n) is 7.73. The first-order chi connectivity index (χ1) is 15.5. The van der Waals surface area contributed by atoms with Crippen LogP contribution in [0.15, 0.2) is 72.6 Å². The lowest BCUT2D eigenvalue weighted by Crippen LogP contribution is -2.29. The number of benzene rings is 2. The fraction of sp³-hybridized carbons (Fsp3) is 0.120. The number of fused-ring (bicyclic) bond motifs is 1. The summed E-state index contributed by atoms with van der Waals surface area (Å²) < 4.78 is 0.910. The van der Waals surface area contributed by atoms with Crippen LogP contribution in [-0.2, 0) is 9.59 Å². The molecule has 4 aromatic rings. The summed E-state index contributed by atoms with van der Waals surface area (Å²) in [6, 6.07) is 15.9. The number of carbonyl (C=O) groups is 2. The maximum Gasteiger partial charge on any atom is 0.301 e. The minimum Gasteiger partial charge on any atom is -0.507 e. The number of ketones is 1. The first kappa shape index (κ1) is 20.1. The zero-order valence-corrected chi connectivity index (χ0v) is 18.3. The fourth-order valence-corrected chi connectivity index (χ4v) is 4.98. The molecule has 1 aliphatic heterocycles. The number of aliphatic hydroxyl groups excluding tert-OH is 1. The number of thiazole rings is 1. The van der Waals surface area contributed by atoms with Gasteiger partial charge in [0, 0.05) is 18.0 Å². The monoisotopic (exact) mass is 441 g/mol. The summed E-state index contributed by atoms with van der Waals surface area (Å²) in [6.07, 6.45) is 3.21. The van der Waals surface area contributed by atoms with Gasteiger partial charge >= 0.3 is 5.91 Å². The summed E-state index contributed by atoms with van der Waals surface area (Å²) in [4.78, 5) is 36.6. The quantitative estimate of drug-likeness (QED) is 0.277. The number of pyridine rings is 1. The highest BCUT2D eigenvalue weighted by Gasteiger charge is 2.48. The van der Waals surface area contributed by atoms with Crippen LogP contribution in [0.1, 0.15) is 28.3 Å². The number of hydrogen-bond acceptors (Lipinski definition) is 6. The molecule has 1 atom stereocenters. The number of rotatable bonds is 3. The van der Waals surface area contributed by atoms with Crippen molar-refractivity contribution in [3.63, 3.8) is 0 Å². The van der Waals surface area contributed by atoms with Gasteiger partial charge in [-0.15, -0.1) is 0 Å². The largest absolute Gasteiger partial charge is 0.507 e. The number of aryl methyl sites for hydroxylation is 2. The van der Waals surface area contributed by atoms with Crippen molar-refractivity contribution in [1.82, 2.24) is 9.97 Å². The molecule has 0 saturated carbocycles. The van der Waals surface area contributed by atoms with Gasteiger partial charge in [0.15, 0.2) is 5.13 Å². The molecule has 3 heterocycles. The van der Waals surface area contributed by atoms with Crippen LogP contribution in [0.3, 0.4) is 0 Å². The van der Waals surface area contributed by atoms with E-state index in [0.717, 1.165) is 21.3 Å². The standard InChI is InChI=1S/C25H19N3O3S/c1-14-7-8-15(2)17(13-14)22(29)20-21(16-9-11-26-12-10-16)28(24(31)23(20)30)25-27-18-5-3-4-6-19(18)32-25/h3-13,21,29H,1-2H3/b22-20+. The van der Waals surface area contributed by atoms with Crippen LogP contribution in [-0.4, -0.2) is 26.8 Å². The summed E-state index contributed by atoms with van der Waals surface area (Å²) in [5.74, 6) is -1.63. The van der Waals surface area contributed by atoms with Crippen molar-refractivity contribution in [1.29, 1.82) is 0 Å². The van der Waals surface area contributed by atoms with Crippen LogP contribution in [0.2, 0.25) is 0 Å². The SMILES string of the molecule is Cc1ccc(C)c(/C(O)=C2\C(=O)C(=O)N(c3nc4ccccc4s3)C2c2ccncc2)c1. The van der Waals surface area contributed by atoms with Crippen LogP contribution in [0.5, 0.6) is 0 Å². The highest BCUT2D eigenvalue weighted by atomic mass is 32.1. The van der Waals surface area contributed by atoms with Gasteiger partial charge in [-0.05, 0) is 55.3 Å². The van der Waals surface area contributed by atoms with Crippen LogP contribution in [0.25, 0.3) is 16.0 Å². The number of aromatic nitrogens is 2. The van der Waals surface area contributed by atoms with E-state index in [1.807, 2.05) is 56.3 Å². The van der Waals surface area contributed by atoms with E-state index >= 15 is 0 Å². The van der Waals surface area contributed by atoms with Gasteiger partial charge in [0.2, 0.25) is 0 Å². The Balaban J connectivity index is 1.76. The lowest BCUT2D eigenvalue weighted by Gasteiger charge is -2.23. The molecule has 2 aromatic carbocycles. The van der Waals surface area contributed by atoms with Crippen molar-refractivity contribution in [2.75, 3.05) is 4.90 Å². The summed E-state index contributed by atoms with van der Waals surface area (Å²) in [5, 5.41) is 11.7. The van der Waals surface area contributed by atoms with Crippen LogP contribution in [0.4, 0.5) is 5.13 Å². The Bertz CT molecular complexity index is 1380. The van der Waals surface area contributed by atoms with Crippen molar-refractivity contribution >= 4 is 44.1 Å². The van der Waals surface area contributed by atoms with Crippen molar-refractivity contribution in [3.8, 4) is 0 Å². The number of Topliss-reactive ketones (excluding diaryl/α,β-unsaturated/α-hetero) is 1. The molecule has 2 aromatic heterocycles. The van der Waals surface area contributed by atoms with Gasteiger partial charge in [-0.3, -0.25) is 19.5 Å². The topological polar surface area (TPSA) is 83.4 Å². The average Bonchev–Trinajstić information content (AvgIpc) is 3.34. The Morgan fingerprint density at radius 2 is 1.78 bits per heavy atom. The molecule has 1 saturated heterocycles. The van der Waals surface area contributed by atoms with Crippen molar-refractivity contribution < 1.29 is 14.7 Å². The molecule has 1 aliphatic rings. The number of para-hydroxylation sites is 1. The fourth-order valence-electron chi connectivity index (χ4n) is 3.99. The van der Waals surface area contributed by atoms with E-state index in [1.165, 1.54) is 16.2 Å². The Hall–Kier alpha value is -3.84. The lowest BCUT2D eigenvalue weighted by molar-refractivity contribution is -0.132. The molecule has 158 valence electrons. The van der Waals surface area contributed by atoms with E-state index in [0.29, 0.717) is 16.3 Å². The predicted octanol–water partition coefficient (Wildman–Crippen LogP) is 4.93. The third kappa shape index (κ3) is 3.18. The average molecular weight is 442 g/mol. The molecule has 6 nitrogen and oxygen atoms in total. The molecule has 1 amide bonds. The zero-order chi connectivity index (χ0) is 22.4. The maximum atomic E-state index is 13.3. The first-order valence-corrected chi connectivity index (χ1v) is 10.9. The number of aliphatic hydroxyl groups is 1. The summed E-state index contributed by atoms with van der Waals surface area (Å²) in [7, 11) is 0. The number of nitrogens with zero attached hydrogens (tertiary/aromatic N) is 3. The van der Waals surface area contributed by atoms with E-state index in [-0.39, 0.29) is 11.3 Å². The van der Waals surface area contributed by atoms with Gasteiger partial charge in [-0.2, -0.15) is 0 Å². The normalized spacial score (nSPS) is 17.9. The number of hydrogen-bond donors (Lipinski definition) is 1. The number of carbonyl (C=O) groups excluding carboxylic acids is 2. The molecule has 0 bridgehead atoms. The highest BCUT2D eigenvalue weighted by molar-refractivity contribution is 7.22. The van der Waals surface area contributed by atoms with Crippen molar-refractivity contribution in [3.05, 3.63) is 94.8 Å². The molecule has 0 radical (unpaired) electrons. The third-order valence-electron chi connectivity index (χ3n) is 5.60. The summed E-state index contributed by atoms with van der Waals surface area (Å²) >= 11 is 1.34. The van der Waals surface area contributed by atoms with E-state index < -0.39 is 17.7 Å².